The highest BCUT2D eigenvalue weighted by atomic mass is 35.5. The summed E-state index contributed by atoms with van der Waals surface area (Å²) in [6.07, 6.45) is 0. The van der Waals surface area contributed by atoms with E-state index in [1.807, 2.05) is 0 Å². The molecule has 0 aliphatic heterocycles. The molecule has 0 aliphatic carbocycles. The second-order valence-corrected chi connectivity index (χ2v) is 5.44. The van der Waals surface area contributed by atoms with Gasteiger partial charge in [0.15, 0.2) is 0 Å². The number of benzene rings is 1. The minimum absolute atomic E-state index is 0.155. The van der Waals surface area contributed by atoms with E-state index < -0.39 is 0 Å². The van der Waals surface area contributed by atoms with Gasteiger partial charge in [-0.05, 0) is 25.1 Å². The number of carbonyl (C=O) groups excluding carboxylic acids is 2. The SMILES string of the molecule is CC(N)C(C)C(=O)Nc1cc(C(=O)N(C)C)ccc1Cl. The summed E-state index contributed by atoms with van der Waals surface area (Å²) in [5, 5.41) is 3.08. The number of hydrogen-bond acceptors (Lipinski definition) is 3. The van der Waals surface area contributed by atoms with Crippen LogP contribution in [0.4, 0.5) is 5.69 Å². The largest absolute Gasteiger partial charge is 0.345 e. The Bertz CT molecular complexity index is 515. The van der Waals surface area contributed by atoms with E-state index in [2.05, 4.69) is 5.32 Å². The molecule has 0 fully saturated rings. The molecule has 0 spiro atoms. The average Bonchev–Trinajstić information content (AvgIpc) is 2.39. The van der Waals surface area contributed by atoms with Crippen LogP contribution in [0, 0.1) is 5.92 Å². The van der Waals surface area contributed by atoms with E-state index in [9.17, 15) is 9.59 Å². The monoisotopic (exact) mass is 297 g/mol. The maximum Gasteiger partial charge on any atom is 0.253 e. The van der Waals surface area contributed by atoms with Gasteiger partial charge in [-0.3, -0.25) is 9.59 Å². The molecule has 0 saturated carbocycles. The number of anilines is 1. The molecule has 0 radical (unpaired) electrons. The van der Waals surface area contributed by atoms with Crippen LogP contribution in [-0.4, -0.2) is 36.9 Å². The molecule has 2 unspecified atom stereocenters. The molecular weight excluding hydrogens is 278 g/mol. The zero-order valence-electron chi connectivity index (χ0n) is 12.1. The third-order valence-electron chi connectivity index (χ3n) is 3.08. The summed E-state index contributed by atoms with van der Waals surface area (Å²) in [5.74, 6) is -0.729. The van der Waals surface area contributed by atoms with Gasteiger partial charge in [-0.15, -0.1) is 0 Å². The molecule has 5 nitrogen and oxygen atoms in total. The van der Waals surface area contributed by atoms with Crippen molar-refractivity contribution in [3.63, 3.8) is 0 Å². The maximum absolute atomic E-state index is 12.0. The van der Waals surface area contributed by atoms with Crippen molar-refractivity contribution in [3.05, 3.63) is 28.8 Å². The van der Waals surface area contributed by atoms with Gasteiger partial charge in [0.1, 0.15) is 0 Å². The minimum Gasteiger partial charge on any atom is -0.345 e. The lowest BCUT2D eigenvalue weighted by atomic mass is 10.0. The Morgan fingerprint density at radius 2 is 1.90 bits per heavy atom. The van der Waals surface area contributed by atoms with E-state index in [4.69, 9.17) is 17.3 Å². The highest BCUT2D eigenvalue weighted by Crippen LogP contribution is 2.24. The van der Waals surface area contributed by atoms with E-state index in [0.717, 1.165) is 0 Å². The van der Waals surface area contributed by atoms with E-state index in [-0.39, 0.29) is 23.8 Å². The van der Waals surface area contributed by atoms with Crippen LogP contribution in [0.5, 0.6) is 0 Å². The van der Waals surface area contributed by atoms with Crippen molar-refractivity contribution in [1.29, 1.82) is 0 Å². The number of nitrogens with zero attached hydrogens (tertiary/aromatic N) is 1. The van der Waals surface area contributed by atoms with E-state index in [1.54, 1.807) is 46.1 Å². The lowest BCUT2D eigenvalue weighted by molar-refractivity contribution is -0.119. The van der Waals surface area contributed by atoms with Gasteiger partial charge in [-0.1, -0.05) is 18.5 Å². The summed E-state index contributed by atoms with van der Waals surface area (Å²) in [7, 11) is 3.32. The Morgan fingerprint density at radius 1 is 1.30 bits per heavy atom. The van der Waals surface area contributed by atoms with Crippen LogP contribution < -0.4 is 11.1 Å². The van der Waals surface area contributed by atoms with Crippen molar-refractivity contribution in [2.45, 2.75) is 19.9 Å². The van der Waals surface area contributed by atoms with E-state index >= 15 is 0 Å². The lowest BCUT2D eigenvalue weighted by Crippen LogP contribution is -2.34. The predicted molar refractivity (Wildman–Crippen MR) is 80.9 cm³/mol. The Kier molecular flexibility index (Phi) is 5.53. The molecule has 2 atom stereocenters. The summed E-state index contributed by atoms with van der Waals surface area (Å²) in [4.78, 5) is 25.3. The van der Waals surface area contributed by atoms with Crippen LogP contribution in [0.1, 0.15) is 24.2 Å². The minimum atomic E-state index is -0.348. The summed E-state index contributed by atoms with van der Waals surface area (Å²) in [5.41, 5.74) is 6.57. The number of nitrogens with one attached hydrogen (secondary N) is 1. The van der Waals surface area contributed by atoms with Gasteiger partial charge in [-0.2, -0.15) is 0 Å². The summed E-state index contributed by atoms with van der Waals surface area (Å²) in [6.45, 7) is 3.50. The van der Waals surface area contributed by atoms with Crippen molar-refractivity contribution < 1.29 is 9.59 Å². The zero-order chi connectivity index (χ0) is 15.4. The molecule has 6 heteroatoms. The molecule has 110 valence electrons. The fourth-order valence-electron chi connectivity index (χ4n) is 1.50. The van der Waals surface area contributed by atoms with Crippen molar-refractivity contribution in [2.24, 2.45) is 11.7 Å². The van der Waals surface area contributed by atoms with Crippen molar-refractivity contribution >= 4 is 29.1 Å². The second-order valence-electron chi connectivity index (χ2n) is 5.03. The summed E-state index contributed by atoms with van der Waals surface area (Å²) < 4.78 is 0. The van der Waals surface area contributed by atoms with Gasteiger partial charge in [0, 0.05) is 25.7 Å². The predicted octanol–water partition coefficient (Wildman–Crippen LogP) is 1.96. The van der Waals surface area contributed by atoms with Gasteiger partial charge in [0.05, 0.1) is 16.6 Å². The molecule has 0 bridgehead atoms. The summed E-state index contributed by atoms with van der Waals surface area (Å²) >= 11 is 6.04. The molecule has 0 heterocycles. The highest BCUT2D eigenvalue weighted by molar-refractivity contribution is 6.33. The van der Waals surface area contributed by atoms with Gasteiger partial charge in [0.25, 0.3) is 5.91 Å². The third-order valence-corrected chi connectivity index (χ3v) is 3.41. The van der Waals surface area contributed by atoms with Crippen LogP contribution >= 0.6 is 11.6 Å². The molecule has 0 saturated heterocycles. The molecular formula is C14H20ClN3O2. The van der Waals surface area contributed by atoms with Crippen LogP contribution in [0.2, 0.25) is 5.02 Å². The molecule has 3 N–H and O–H groups in total. The molecule has 0 aliphatic rings. The quantitative estimate of drug-likeness (QED) is 0.892. The molecule has 1 aromatic rings. The third kappa shape index (κ3) is 3.95. The molecule has 2 amide bonds. The zero-order valence-corrected chi connectivity index (χ0v) is 12.9. The number of halogens is 1. The fraction of sp³-hybridized carbons (Fsp3) is 0.429. The first kappa shape index (κ1) is 16.5. The normalized spacial score (nSPS) is 13.5. The molecule has 20 heavy (non-hydrogen) atoms. The highest BCUT2D eigenvalue weighted by Gasteiger charge is 2.19. The Morgan fingerprint density at radius 3 is 2.40 bits per heavy atom. The van der Waals surface area contributed by atoms with Gasteiger partial charge >= 0.3 is 0 Å². The van der Waals surface area contributed by atoms with Gasteiger partial charge < -0.3 is 16.0 Å². The van der Waals surface area contributed by atoms with E-state index in [0.29, 0.717) is 16.3 Å². The van der Waals surface area contributed by atoms with Crippen LogP contribution in [-0.2, 0) is 4.79 Å². The van der Waals surface area contributed by atoms with Crippen molar-refractivity contribution in [1.82, 2.24) is 4.90 Å². The smallest absolute Gasteiger partial charge is 0.253 e. The first-order valence-electron chi connectivity index (χ1n) is 6.31. The number of rotatable bonds is 4. The number of amides is 2. The number of carbonyl (C=O) groups is 2. The topological polar surface area (TPSA) is 75.4 Å². The van der Waals surface area contributed by atoms with Crippen LogP contribution in [0.25, 0.3) is 0 Å². The fourth-order valence-corrected chi connectivity index (χ4v) is 1.66. The van der Waals surface area contributed by atoms with Gasteiger partial charge in [0.2, 0.25) is 5.91 Å². The van der Waals surface area contributed by atoms with Crippen molar-refractivity contribution in [3.8, 4) is 0 Å². The molecule has 1 aromatic carbocycles. The average molecular weight is 298 g/mol. The lowest BCUT2D eigenvalue weighted by Gasteiger charge is -2.17. The maximum atomic E-state index is 12.0. The standard InChI is InChI=1S/C14H20ClN3O2/c1-8(9(2)16)13(19)17-12-7-10(5-6-11(12)15)14(20)18(3)4/h5-9H,16H2,1-4H3,(H,17,19). The van der Waals surface area contributed by atoms with Crippen LogP contribution in [0.15, 0.2) is 18.2 Å². The number of nitrogens with two attached hydrogens (primary N) is 1. The second kappa shape index (κ2) is 6.72. The van der Waals surface area contributed by atoms with Crippen molar-refractivity contribution in [2.75, 3.05) is 19.4 Å². The molecule has 0 aromatic heterocycles. The first-order valence-corrected chi connectivity index (χ1v) is 6.69. The first-order chi connectivity index (χ1) is 9.23. The Labute approximate surface area is 124 Å². The van der Waals surface area contributed by atoms with E-state index in [1.165, 1.54) is 4.90 Å². The number of hydrogen-bond donors (Lipinski definition) is 2. The van der Waals surface area contributed by atoms with Gasteiger partial charge in [-0.25, -0.2) is 0 Å². The Balaban J connectivity index is 2.98. The Hall–Kier alpha value is -1.59. The summed E-state index contributed by atoms with van der Waals surface area (Å²) in [6, 6.07) is 4.51. The molecule has 1 rings (SSSR count). The van der Waals surface area contributed by atoms with Crippen LogP contribution in [0.3, 0.4) is 0 Å².